The summed E-state index contributed by atoms with van der Waals surface area (Å²) in [5.41, 5.74) is 2.71. The summed E-state index contributed by atoms with van der Waals surface area (Å²) in [7, 11) is 1.55. The Morgan fingerprint density at radius 3 is 2.72 bits per heavy atom. The van der Waals surface area contributed by atoms with Crippen molar-refractivity contribution in [2.24, 2.45) is 0 Å². The maximum atomic E-state index is 13.9. The van der Waals surface area contributed by atoms with Crippen molar-refractivity contribution in [3.8, 4) is 5.75 Å². The fourth-order valence-electron chi connectivity index (χ4n) is 4.45. The molecule has 1 fully saturated rings. The molecule has 7 heteroatoms. The Labute approximate surface area is 189 Å². The molecule has 3 aromatic rings. The molecule has 1 atom stereocenters. The number of carbonyl (C=O) groups is 2. The molecular formula is C25H21FN2O3S. The van der Waals surface area contributed by atoms with Gasteiger partial charge < -0.3 is 14.5 Å². The van der Waals surface area contributed by atoms with Crippen LogP contribution in [0.4, 0.5) is 10.1 Å². The Morgan fingerprint density at radius 2 is 1.91 bits per heavy atom. The van der Waals surface area contributed by atoms with Crippen LogP contribution >= 0.6 is 11.8 Å². The number of para-hydroxylation sites is 1. The first-order valence-electron chi connectivity index (χ1n) is 10.3. The summed E-state index contributed by atoms with van der Waals surface area (Å²) in [5.74, 6) is 0.486. The number of nitrogens with zero attached hydrogens (tertiary/aromatic N) is 2. The smallest absolute Gasteiger partial charge is 0.268 e. The lowest BCUT2D eigenvalue weighted by atomic mass is 10.0. The average Bonchev–Trinajstić information content (AvgIpc) is 3.36. The number of methoxy groups -OCH3 is 1. The number of rotatable bonds is 4. The summed E-state index contributed by atoms with van der Waals surface area (Å²) in [6.45, 7) is 0.686. The quantitative estimate of drug-likeness (QED) is 0.593. The monoisotopic (exact) mass is 448 g/mol. The van der Waals surface area contributed by atoms with E-state index in [-0.39, 0.29) is 24.2 Å². The molecule has 0 aliphatic carbocycles. The summed E-state index contributed by atoms with van der Waals surface area (Å²) in [5, 5.41) is 0. The third-order valence-corrected chi connectivity index (χ3v) is 7.31. The first kappa shape index (κ1) is 20.6. The van der Waals surface area contributed by atoms with Crippen molar-refractivity contribution in [1.82, 2.24) is 4.90 Å². The van der Waals surface area contributed by atoms with Gasteiger partial charge in [0.15, 0.2) is 4.87 Å². The van der Waals surface area contributed by atoms with Gasteiger partial charge in [-0.2, -0.15) is 0 Å². The molecule has 0 unspecified atom stereocenters. The number of halogens is 1. The van der Waals surface area contributed by atoms with Crippen LogP contribution in [0.1, 0.15) is 21.5 Å². The number of amides is 2. The first-order chi connectivity index (χ1) is 15.5. The van der Waals surface area contributed by atoms with Gasteiger partial charge in [0.1, 0.15) is 11.6 Å². The van der Waals surface area contributed by atoms with E-state index in [0.717, 1.165) is 11.3 Å². The minimum Gasteiger partial charge on any atom is -0.497 e. The topological polar surface area (TPSA) is 49.9 Å². The molecule has 2 heterocycles. The maximum Gasteiger partial charge on any atom is 0.268 e. The van der Waals surface area contributed by atoms with Crippen molar-refractivity contribution in [3.05, 3.63) is 95.3 Å². The molecule has 0 aromatic heterocycles. The second kappa shape index (κ2) is 7.98. The number of hydrogen-bond donors (Lipinski definition) is 0. The van der Waals surface area contributed by atoms with Crippen molar-refractivity contribution < 1.29 is 18.7 Å². The second-order valence-electron chi connectivity index (χ2n) is 7.72. The van der Waals surface area contributed by atoms with Gasteiger partial charge in [0.2, 0.25) is 0 Å². The average molecular weight is 449 g/mol. The van der Waals surface area contributed by atoms with Gasteiger partial charge >= 0.3 is 0 Å². The van der Waals surface area contributed by atoms with E-state index in [1.165, 1.54) is 23.9 Å². The molecule has 0 radical (unpaired) electrons. The van der Waals surface area contributed by atoms with Crippen molar-refractivity contribution >= 4 is 29.3 Å². The predicted octanol–water partition coefficient (Wildman–Crippen LogP) is 4.42. The zero-order valence-corrected chi connectivity index (χ0v) is 18.3. The molecule has 3 aromatic carbocycles. The highest BCUT2D eigenvalue weighted by atomic mass is 32.2. The number of anilines is 1. The standard InChI is InChI=1S/C25H21FN2O3S/c1-31-20-9-5-7-18(15-20)23(29)28-12-13-32-25(28)21-10-2-3-11-22(21)27(24(25)30)16-17-6-4-8-19(26)14-17/h2-11,14-15H,12-13,16H2,1H3/t25-/m0/s1. The lowest BCUT2D eigenvalue weighted by Crippen LogP contribution is -2.50. The molecule has 0 saturated carbocycles. The largest absolute Gasteiger partial charge is 0.497 e. The molecule has 2 aliphatic heterocycles. The highest BCUT2D eigenvalue weighted by Crippen LogP contribution is 2.54. The van der Waals surface area contributed by atoms with E-state index in [0.29, 0.717) is 29.2 Å². The van der Waals surface area contributed by atoms with Gasteiger partial charge in [0, 0.05) is 23.4 Å². The number of ether oxygens (including phenoxy) is 1. The van der Waals surface area contributed by atoms with Gasteiger partial charge in [-0.3, -0.25) is 9.59 Å². The van der Waals surface area contributed by atoms with Gasteiger partial charge in [-0.05, 0) is 42.0 Å². The molecule has 5 nitrogen and oxygen atoms in total. The molecule has 162 valence electrons. The van der Waals surface area contributed by atoms with E-state index in [2.05, 4.69) is 0 Å². The van der Waals surface area contributed by atoms with Gasteiger partial charge in [0.05, 0.1) is 19.3 Å². The van der Waals surface area contributed by atoms with Gasteiger partial charge in [-0.1, -0.05) is 36.4 Å². The van der Waals surface area contributed by atoms with E-state index >= 15 is 0 Å². The normalized spacial score (nSPS) is 19.5. The van der Waals surface area contributed by atoms with Crippen LogP contribution in [0.5, 0.6) is 5.75 Å². The van der Waals surface area contributed by atoms with Crippen LogP contribution in [-0.2, 0) is 16.2 Å². The summed E-state index contributed by atoms with van der Waals surface area (Å²) in [6, 6.07) is 20.8. The number of hydrogen-bond acceptors (Lipinski definition) is 4. The Balaban J connectivity index is 1.56. The summed E-state index contributed by atoms with van der Waals surface area (Å²) in [6.07, 6.45) is 0. The molecule has 32 heavy (non-hydrogen) atoms. The highest BCUT2D eigenvalue weighted by molar-refractivity contribution is 8.01. The van der Waals surface area contributed by atoms with Crippen LogP contribution in [-0.4, -0.2) is 36.1 Å². The van der Waals surface area contributed by atoms with Crippen molar-refractivity contribution in [2.75, 3.05) is 24.3 Å². The Hall–Kier alpha value is -3.32. The molecule has 0 bridgehead atoms. The molecule has 1 saturated heterocycles. The number of benzene rings is 3. The number of thioether (sulfide) groups is 1. The SMILES string of the molecule is COc1cccc(C(=O)N2CCS[C@@]23C(=O)N(Cc2cccc(F)c2)c2ccccc23)c1. The zero-order chi connectivity index (χ0) is 22.3. The van der Waals surface area contributed by atoms with Gasteiger partial charge in [-0.15, -0.1) is 11.8 Å². The summed E-state index contributed by atoms with van der Waals surface area (Å²) in [4.78, 5) is 29.7. The molecule has 2 amide bonds. The fraction of sp³-hybridized carbons (Fsp3) is 0.200. The first-order valence-corrected chi connectivity index (χ1v) is 11.3. The van der Waals surface area contributed by atoms with Crippen LogP contribution in [0.3, 0.4) is 0 Å². The lowest BCUT2D eigenvalue weighted by Gasteiger charge is -2.33. The molecule has 1 spiro atoms. The van der Waals surface area contributed by atoms with E-state index in [1.807, 2.05) is 24.3 Å². The van der Waals surface area contributed by atoms with E-state index in [4.69, 9.17) is 4.74 Å². The number of fused-ring (bicyclic) bond motifs is 2. The van der Waals surface area contributed by atoms with Gasteiger partial charge in [0.25, 0.3) is 11.8 Å². The summed E-state index contributed by atoms with van der Waals surface area (Å²) < 4.78 is 19.0. The molecule has 5 rings (SSSR count). The third-order valence-electron chi connectivity index (χ3n) is 5.89. The summed E-state index contributed by atoms with van der Waals surface area (Å²) >= 11 is 1.47. The van der Waals surface area contributed by atoms with Crippen LogP contribution < -0.4 is 9.64 Å². The van der Waals surface area contributed by atoms with Crippen LogP contribution in [0.25, 0.3) is 0 Å². The molecular weight excluding hydrogens is 427 g/mol. The Bertz CT molecular complexity index is 1220. The third kappa shape index (κ3) is 3.15. The zero-order valence-electron chi connectivity index (χ0n) is 17.5. The van der Waals surface area contributed by atoms with Gasteiger partial charge in [-0.25, -0.2) is 4.39 Å². The maximum absolute atomic E-state index is 13.9. The highest BCUT2D eigenvalue weighted by Gasteiger charge is 2.59. The van der Waals surface area contributed by atoms with Crippen LogP contribution in [0.2, 0.25) is 0 Å². The lowest BCUT2D eigenvalue weighted by molar-refractivity contribution is -0.123. The van der Waals surface area contributed by atoms with Crippen LogP contribution in [0, 0.1) is 5.82 Å². The predicted molar refractivity (Wildman–Crippen MR) is 122 cm³/mol. The van der Waals surface area contributed by atoms with E-state index in [1.54, 1.807) is 53.3 Å². The second-order valence-corrected chi connectivity index (χ2v) is 9.01. The minimum absolute atomic E-state index is 0.179. The van der Waals surface area contributed by atoms with Crippen LogP contribution in [0.15, 0.2) is 72.8 Å². The Kier molecular flexibility index (Phi) is 5.13. The van der Waals surface area contributed by atoms with Crippen molar-refractivity contribution in [3.63, 3.8) is 0 Å². The van der Waals surface area contributed by atoms with Crippen molar-refractivity contribution in [1.29, 1.82) is 0 Å². The molecule has 2 aliphatic rings. The number of carbonyl (C=O) groups excluding carboxylic acids is 2. The molecule has 0 N–H and O–H groups in total. The Morgan fingerprint density at radius 1 is 1.09 bits per heavy atom. The van der Waals surface area contributed by atoms with E-state index in [9.17, 15) is 14.0 Å². The van der Waals surface area contributed by atoms with E-state index < -0.39 is 4.87 Å². The minimum atomic E-state index is -1.13. The fourth-order valence-corrected chi connectivity index (χ4v) is 5.92. The van der Waals surface area contributed by atoms with Crippen molar-refractivity contribution in [2.45, 2.75) is 11.4 Å².